The molecule has 0 aliphatic heterocycles. The Morgan fingerprint density at radius 1 is 2.00 bits per heavy atom. The molecule has 0 unspecified atom stereocenters. The van der Waals surface area contributed by atoms with Gasteiger partial charge in [0.15, 0.2) is 0 Å². The number of hydrogen-bond donors (Lipinski definition) is 1. The van der Waals surface area contributed by atoms with Crippen molar-refractivity contribution in [3.63, 3.8) is 0 Å². The Kier molecular flexibility index (Phi) is 21.8. The zero-order valence-electron chi connectivity index (χ0n) is 4.14. The Hall–Kier alpha value is 0.431. The molecule has 0 aromatic rings. The maximum atomic E-state index is 8.36. The van der Waals surface area contributed by atoms with Crippen LogP contribution in [-0.2, 0) is 4.70 Å². The van der Waals surface area contributed by atoms with Crippen LogP contribution in [0.25, 0.3) is 0 Å². The van der Waals surface area contributed by atoms with Crippen molar-refractivity contribution in [3.05, 3.63) is 0 Å². The van der Waals surface area contributed by atoms with Crippen LogP contribution in [0.5, 0.6) is 0 Å². The van der Waals surface area contributed by atoms with Gasteiger partial charge >= 0.3 is 40.1 Å². The van der Waals surface area contributed by atoms with E-state index in [1.165, 1.54) is 0 Å². The summed E-state index contributed by atoms with van der Waals surface area (Å²) in [4.78, 5) is 0. The van der Waals surface area contributed by atoms with Crippen LogP contribution >= 0.6 is 0 Å². The average Bonchev–Trinajstić information content (AvgIpc) is 0.918. The van der Waals surface area contributed by atoms with Gasteiger partial charge in [0.1, 0.15) is 0 Å². The van der Waals surface area contributed by atoms with Gasteiger partial charge in [0.25, 0.3) is 0 Å². The molecule has 4 heteroatoms. The van der Waals surface area contributed by atoms with Gasteiger partial charge in [0.2, 0.25) is 0 Å². The maximum Gasteiger partial charge on any atom is 2.00 e. The Labute approximate surface area is 43.6 Å². The van der Waals surface area contributed by atoms with Gasteiger partial charge in [-0.05, 0) is 0 Å². The third-order valence-corrected chi connectivity index (χ3v) is 0. The van der Waals surface area contributed by atoms with Crippen molar-refractivity contribution in [2.75, 3.05) is 0 Å². The topological polar surface area (TPSA) is 37.3 Å². The van der Waals surface area contributed by atoms with E-state index in [1.807, 2.05) is 0 Å². The first-order valence-corrected chi connectivity index (χ1v) is 0.494. The van der Waals surface area contributed by atoms with Crippen molar-refractivity contribution < 1.29 is 12.6 Å². The van der Waals surface area contributed by atoms with Gasteiger partial charge in [-0.25, -0.2) is 0 Å². The molecule has 1 N–H and O–H groups in total. The van der Waals surface area contributed by atoms with Crippen LogP contribution in [0.1, 0.15) is 2.85 Å². The van der Waals surface area contributed by atoms with Crippen LogP contribution in [0, 0.1) is 0 Å². The summed E-state index contributed by atoms with van der Waals surface area (Å²) >= 11 is 0. The van der Waals surface area contributed by atoms with Crippen LogP contribution in [0.15, 0.2) is 0 Å². The van der Waals surface area contributed by atoms with Gasteiger partial charge in [0, 0.05) is 0 Å². The molecule has 20 valence electrons. The summed E-state index contributed by atoms with van der Waals surface area (Å²) in [6.07, 6.45) is 0. The average molecular weight is 70.1 g/mol. The largest absolute Gasteiger partial charge is 2.00 e. The molecule has 0 heterocycles. The zero-order valence-corrected chi connectivity index (χ0v) is 3.55. The predicted molar refractivity (Wildman–Crippen MR) is 16.6 cm³/mol. The summed E-state index contributed by atoms with van der Waals surface area (Å²) in [5.41, 5.74) is 0. The first-order valence-electron chi connectivity index (χ1n) is 0.494. The second kappa shape index (κ2) is 9.90. The minimum Gasteiger partial charge on any atom is -1.00 e. The monoisotopic (exact) mass is 70.0 g/mol. The molecule has 0 rings (SSSR count). The minimum atomic E-state index is -0.250. The first-order chi connectivity index (χ1) is 1.41. The second-order valence-corrected chi connectivity index (χ2v) is 0.105. The number of hydrogen-bond acceptors (Lipinski definition) is 1. The van der Waals surface area contributed by atoms with Crippen molar-refractivity contribution in [3.8, 4) is 0 Å². The Bertz CT molecular complexity index is 19.0. The molecular formula is H3BMgO2. The molecule has 0 fully saturated rings. The molecule has 0 aromatic heterocycles. The Morgan fingerprint density at radius 2 is 2.00 bits per heavy atom. The van der Waals surface area contributed by atoms with E-state index in [0.29, 0.717) is 0 Å². The molecule has 0 aromatic carbocycles. The molecule has 0 spiro atoms. The van der Waals surface area contributed by atoms with Gasteiger partial charge in [-0.1, -0.05) is 0 Å². The number of rotatable bonds is 0. The second-order valence-electron chi connectivity index (χ2n) is 0.105. The van der Waals surface area contributed by atoms with Crippen molar-refractivity contribution in [1.82, 2.24) is 0 Å². The summed E-state index contributed by atoms with van der Waals surface area (Å²) < 4.78 is 8.36. The summed E-state index contributed by atoms with van der Waals surface area (Å²) in [5, 5.41) is 6.89. The van der Waals surface area contributed by atoms with E-state index in [0.717, 1.165) is 0 Å². The van der Waals surface area contributed by atoms with Gasteiger partial charge in [-0.15, -0.1) is 0 Å². The molecule has 4 heavy (non-hydrogen) atoms. The summed E-state index contributed by atoms with van der Waals surface area (Å²) in [6.45, 7) is 0. The van der Waals surface area contributed by atoms with Crippen molar-refractivity contribution >= 4 is 30.4 Å². The predicted octanol–water partition coefficient (Wildman–Crippen LogP) is -1.21. The van der Waals surface area contributed by atoms with E-state index in [2.05, 4.69) is 0 Å². The van der Waals surface area contributed by atoms with E-state index in [-0.39, 0.29) is 33.3 Å². The standard InChI is InChI=1S/BHO2.Mg.2H/c2-1-3;;;/h2H;;;/q;+2;2*-1. The molecule has 0 aliphatic carbocycles. The molecule has 0 saturated heterocycles. The van der Waals surface area contributed by atoms with Crippen LogP contribution in [0.2, 0.25) is 0 Å². The molecule has 0 amide bonds. The first kappa shape index (κ1) is 8.83. The zero-order chi connectivity index (χ0) is 2.71. The fraction of sp³-hybridized carbons (Fsp3) is 0. The molecule has 0 bridgehead atoms. The molecule has 0 atom stereocenters. The van der Waals surface area contributed by atoms with Crippen LogP contribution < -0.4 is 0 Å². The smallest absolute Gasteiger partial charge is 1.00 e. The van der Waals surface area contributed by atoms with Crippen LogP contribution in [-0.4, -0.2) is 35.4 Å². The quantitative estimate of drug-likeness (QED) is 0.363. The minimum absolute atomic E-state index is 0. The van der Waals surface area contributed by atoms with Gasteiger partial charge in [-0.2, -0.15) is 0 Å². The summed E-state index contributed by atoms with van der Waals surface area (Å²) in [7, 11) is -0.250. The fourth-order valence-electron chi connectivity index (χ4n) is 0. The summed E-state index contributed by atoms with van der Waals surface area (Å²) in [6, 6.07) is 0. The van der Waals surface area contributed by atoms with Crippen LogP contribution in [0.3, 0.4) is 0 Å². The van der Waals surface area contributed by atoms with Gasteiger partial charge in [-0.3, -0.25) is 0 Å². The van der Waals surface area contributed by atoms with Crippen molar-refractivity contribution in [2.45, 2.75) is 0 Å². The molecule has 0 aliphatic rings. The third kappa shape index (κ3) is 26.8. The molecule has 0 radical (unpaired) electrons. The molecule has 0 saturated carbocycles. The van der Waals surface area contributed by atoms with Crippen molar-refractivity contribution in [1.29, 1.82) is 0 Å². The van der Waals surface area contributed by atoms with E-state index in [1.54, 1.807) is 0 Å². The SMILES string of the molecule is O=BO.[H-].[H-].[Mg+2]. The Morgan fingerprint density at radius 3 is 2.00 bits per heavy atom. The third-order valence-electron chi connectivity index (χ3n) is 0. The normalized spacial score (nSPS) is 2.00. The van der Waals surface area contributed by atoms with Crippen LogP contribution in [0.4, 0.5) is 0 Å². The van der Waals surface area contributed by atoms with E-state index < -0.39 is 0 Å². The van der Waals surface area contributed by atoms with E-state index >= 15 is 0 Å². The molecular weight excluding hydrogens is 67.1 g/mol. The molecule has 2 nitrogen and oxygen atoms in total. The maximum absolute atomic E-state index is 8.36. The van der Waals surface area contributed by atoms with Gasteiger partial charge in [0.05, 0.1) is 0 Å². The van der Waals surface area contributed by atoms with Crippen molar-refractivity contribution in [2.24, 2.45) is 0 Å². The van der Waals surface area contributed by atoms with E-state index in [9.17, 15) is 0 Å². The van der Waals surface area contributed by atoms with Gasteiger partial charge < -0.3 is 2.85 Å². The summed E-state index contributed by atoms with van der Waals surface area (Å²) in [5.74, 6) is 0. The fourth-order valence-corrected chi connectivity index (χ4v) is 0. The Balaban J connectivity index is -0.00000000667. The van der Waals surface area contributed by atoms with E-state index in [4.69, 9.17) is 9.73 Å².